The van der Waals surface area contributed by atoms with E-state index in [4.69, 9.17) is 14.2 Å². The molecule has 8 rings (SSSR count). The molecule has 0 radical (unpaired) electrons. The zero-order valence-corrected chi connectivity index (χ0v) is 22.3. The summed E-state index contributed by atoms with van der Waals surface area (Å²) >= 11 is 1.13. The number of methoxy groups -OCH3 is 2. The zero-order chi connectivity index (χ0) is 26.8. The van der Waals surface area contributed by atoms with Crippen LogP contribution in [0.25, 0.3) is 0 Å². The van der Waals surface area contributed by atoms with Crippen molar-refractivity contribution in [3.63, 3.8) is 0 Å². The number of hydrogen-bond acceptors (Lipinski definition) is 8. The van der Waals surface area contributed by atoms with Gasteiger partial charge in [0.05, 0.1) is 48.1 Å². The van der Waals surface area contributed by atoms with E-state index in [1.54, 1.807) is 20.3 Å². The molecular weight excluding hydrogens is 508 g/mol. The number of ether oxygens (including phenoxy) is 3. The number of carbonyl (C=O) groups excluding carboxylic acids is 1. The first-order valence-electron chi connectivity index (χ1n) is 12.9. The van der Waals surface area contributed by atoms with E-state index in [0.29, 0.717) is 21.8 Å². The highest BCUT2D eigenvalue weighted by molar-refractivity contribution is 7.99. The number of phenolic OH excluding ortho intramolecular Hbond substituents is 2. The summed E-state index contributed by atoms with van der Waals surface area (Å²) in [4.78, 5) is 13.0. The minimum Gasteiger partial charge on any atom is -0.544 e. The summed E-state index contributed by atoms with van der Waals surface area (Å²) in [6.45, 7) is 0.931. The van der Waals surface area contributed by atoms with E-state index in [1.165, 1.54) is 10.5 Å². The lowest BCUT2D eigenvalue weighted by molar-refractivity contribution is -0.919. The molecular formula is C28H31N2O7S+. The molecule has 2 aromatic rings. The molecule has 200 valence electrons. The van der Waals surface area contributed by atoms with Gasteiger partial charge in [-0.3, -0.25) is 0 Å². The number of aromatic hydroxyl groups is 2. The maximum absolute atomic E-state index is 11.8. The summed E-state index contributed by atoms with van der Waals surface area (Å²) in [7, 11) is 5.44. The van der Waals surface area contributed by atoms with Crippen LogP contribution in [0.15, 0.2) is 35.2 Å². The number of carboxylic acids is 1. The van der Waals surface area contributed by atoms with Crippen molar-refractivity contribution in [2.45, 2.75) is 52.4 Å². The normalized spacial score (nSPS) is 35.3. The molecule has 1 unspecified atom stereocenters. The molecule has 2 heterocycles. The van der Waals surface area contributed by atoms with E-state index < -0.39 is 34.5 Å². The number of likely N-dealkylation sites (tertiary alicyclic amines) is 1. The molecule has 4 bridgehead atoms. The van der Waals surface area contributed by atoms with Gasteiger partial charge >= 0.3 is 0 Å². The lowest BCUT2D eigenvalue weighted by Gasteiger charge is -2.67. The first-order valence-corrected chi connectivity index (χ1v) is 13.9. The highest BCUT2D eigenvalue weighted by Crippen LogP contribution is 2.75. The molecule has 0 amide bonds. The van der Waals surface area contributed by atoms with Gasteiger partial charge in [-0.2, -0.15) is 0 Å². The average Bonchev–Trinajstić information content (AvgIpc) is 3.28. The third kappa shape index (κ3) is 2.44. The van der Waals surface area contributed by atoms with E-state index >= 15 is 0 Å². The van der Waals surface area contributed by atoms with Gasteiger partial charge in [0.2, 0.25) is 0 Å². The molecule has 2 spiro atoms. The fraction of sp³-hybridized carbons (Fsp3) is 0.464. The highest BCUT2D eigenvalue weighted by atomic mass is 32.2. The standard InChI is InChI=1S/C28H30N2O7S/c1-30-9-8-27-19-13-4-5-16(35-2)23(19)37-25(27)28(36-3)7-6-26(27,18(30)10-13)20-15(31)11-17(22(32)21(20)28)38-12-14(29)24(33)34/h4-7,11,14,18,25,31-32H,8-10,12,29H2,1-3H3,(H,33,34)/p+1/t14-,18-,25-,26+,27+,28-/m1/s1. The topological polar surface area (TPSA) is 140 Å². The maximum atomic E-state index is 11.8. The highest BCUT2D eigenvalue weighted by Gasteiger charge is 2.81. The number of phenols is 2. The Morgan fingerprint density at radius 2 is 2.08 bits per heavy atom. The maximum Gasteiger partial charge on any atom is 0.166 e. The van der Waals surface area contributed by atoms with Gasteiger partial charge < -0.3 is 45.0 Å². The van der Waals surface area contributed by atoms with Gasteiger partial charge in [0, 0.05) is 36.6 Å². The summed E-state index contributed by atoms with van der Waals surface area (Å²) < 4.78 is 19.0. The van der Waals surface area contributed by atoms with Crippen LogP contribution in [0.2, 0.25) is 0 Å². The average molecular weight is 540 g/mol. The smallest absolute Gasteiger partial charge is 0.166 e. The largest absolute Gasteiger partial charge is 0.544 e. The van der Waals surface area contributed by atoms with E-state index in [9.17, 15) is 20.1 Å². The van der Waals surface area contributed by atoms with Gasteiger partial charge in [0.25, 0.3) is 0 Å². The molecule has 38 heavy (non-hydrogen) atoms. The lowest BCUT2D eigenvalue weighted by atomic mass is 9.37. The number of quaternary nitrogens is 2. The zero-order valence-electron chi connectivity index (χ0n) is 21.5. The predicted octanol–water partition coefficient (Wildman–Crippen LogP) is -1.24. The quantitative estimate of drug-likeness (QED) is 0.203. The fourth-order valence-electron chi connectivity index (χ4n) is 8.44. The van der Waals surface area contributed by atoms with Gasteiger partial charge in [-0.05, 0) is 23.8 Å². The third-order valence-electron chi connectivity index (χ3n) is 9.92. The number of nitrogens with one attached hydrogen (secondary N) is 1. The van der Waals surface area contributed by atoms with E-state index in [-0.39, 0.29) is 23.3 Å². The molecule has 9 nitrogen and oxygen atoms in total. The van der Waals surface area contributed by atoms with Crippen molar-refractivity contribution < 1.29 is 45.0 Å². The number of likely N-dealkylation sites (N-methyl/N-ethyl adjacent to an activating group) is 1. The Morgan fingerprint density at radius 3 is 2.79 bits per heavy atom. The first kappa shape index (κ1) is 24.1. The van der Waals surface area contributed by atoms with Crippen molar-refractivity contribution in [3.8, 4) is 23.0 Å². The molecule has 1 saturated heterocycles. The second kappa shape index (κ2) is 7.59. The second-order valence-electron chi connectivity index (χ2n) is 11.2. The Balaban J connectivity index is 1.54. The van der Waals surface area contributed by atoms with E-state index in [1.807, 2.05) is 12.1 Å². The molecule has 2 aromatic carbocycles. The number of hydrogen-bond donors (Lipinski definition) is 4. The Morgan fingerprint density at radius 1 is 1.29 bits per heavy atom. The minimum atomic E-state index is -1.27. The Hall–Kier alpha value is -2.92. The summed E-state index contributed by atoms with van der Waals surface area (Å²) in [6.07, 6.45) is 5.32. The minimum absolute atomic E-state index is 0.0261. The van der Waals surface area contributed by atoms with Gasteiger partial charge in [0.1, 0.15) is 29.7 Å². The van der Waals surface area contributed by atoms with Crippen molar-refractivity contribution in [1.82, 2.24) is 0 Å². The molecule has 0 saturated carbocycles. The second-order valence-corrected chi connectivity index (χ2v) is 12.3. The molecule has 6 aliphatic rings. The first-order chi connectivity index (χ1) is 18.2. The molecule has 4 aliphatic carbocycles. The molecule has 7 atom stereocenters. The van der Waals surface area contributed by atoms with Gasteiger partial charge in [-0.15, -0.1) is 11.8 Å². The number of rotatable bonds is 6. The van der Waals surface area contributed by atoms with Crippen LogP contribution in [0.4, 0.5) is 0 Å². The molecule has 0 aromatic heterocycles. The number of carboxylic acid groups (broad SMARTS) is 1. The van der Waals surface area contributed by atoms with Gasteiger partial charge in [0.15, 0.2) is 17.1 Å². The monoisotopic (exact) mass is 539 g/mol. The number of carbonyl (C=O) groups is 1. The van der Waals surface area contributed by atoms with Crippen LogP contribution in [0.1, 0.15) is 28.7 Å². The number of piperidine rings is 1. The summed E-state index contributed by atoms with van der Waals surface area (Å²) in [5.41, 5.74) is 4.82. The number of thioether (sulfide) groups is 1. The summed E-state index contributed by atoms with van der Waals surface area (Å²) in [5, 5.41) is 34.8. The third-order valence-corrected chi connectivity index (χ3v) is 11.1. The molecule has 2 aliphatic heterocycles. The van der Waals surface area contributed by atoms with Crippen molar-refractivity contribution in [3.05, 3.63) is 52.6 Å². The van der Waals surface area contributed by atoms with E-state index in [0.717, 1.165) is 42.5 Å². The Kier molecular flexibility index (Phi) is 4.82. The summed E-state index contributed by atoms with van der Waals surface area (Å²) in [5.74, 6) is 0.242. The number of aliphatic carboxylic acids is 1. The van der Waals surface area contributed by atoms with Crippen LogP contribution in [-0.4, -0.2) is 67.9 Å². The lowest BCUT2D eigenvalue weighted by Crippen LogP contribution is -3.18. The SMILES string of the molecule is COc1ccc2c3c1O[C@@H]1[C@]34CC[NH+](C)[C@H](C2)[C@]42C=C[C@@]1(OC)c1c(O)c(SC[C@@H]([NH3+])C(=O)[O-])cc(O)c12. The van der Waals surface area contributed by atoms with Gasteiger partial charge in [-0.1, -0.05) is 12.1 Å². The van der Waals surface area contributed by atoms with Crippen molar-refractivity contribution >= 4 is 17.7 Å². The number of benzene rings is 2. The van der Waals surface area contributed by atoms with E-state index in [2.05, 4.69) is 24.9 Å². The molecule has 1 fully saturated rings. The van der Waals surface area contributed by atoms with Gasteiger partial charge in [-0.25, -0.2) is 0 Å². The van der Waals surface area contributed by atoms with Crippen LogP contribution in [0, 0.1) is 0 Å². The molecule has 10 heteroatoms. The predicted molar refractivity (Wildman–Crippen MR) is 135 cm³/mol. The molecule has 6 N–H and O–H groups in total. The van der Waals surface area contributed by atoms with Crippen LogP contribution in [0.5, 0.6) is 23.0 Å². The summed E-state index contributed by atoms with van der Waals surface area (Å²) in [6, 6.07) is 4.77. The fourth-order valence-corrected chi connectivity index (χ4v) is 9.39. The Bertz CT molecular complexity index is 1450. The van der Waals surface area contributed by atoms with Crippen LogP contribution in [-0.2, 0) is 32.4 Å². The van der Waals surface area contributed by atoms with Crippen LogP contribution in [0.3, 0.4) is 0 Å². The van der Waals surface area contributed by atoms with Crippen LogP contribution < -0.4 is 25.2 Å². The van der Waals surface area contributed by atoms with Crippen molar-refractivity contribution in [2.75, 3.05) is 33.6 Å². The van der Waals surface area contributed by atoms with Crippen molar-refractivity contribution in [2.24, 2.45) is 0 Å². The van der Waals surface area contributed by atoms with Crippen LogP contribution >= 0.6 is 11.8 Å². The Labute approximate surface area is 224 Å². The van der Waals surface area contributed by atoms with Crippen molar-refractivity contribution in [1.29, 1.82) is 0 Å².